The van der Waals surface area contributed by atoms with Gasteiger partial charge in [-0.05, 0) is 32.1 Å². The molecular formula is C17H13N3O2S. The minimum atomic E-state index is -0.440. The lowest BCUT2D eigenvalue weighted by atomic mass is 10.2. The van der Waals surface area contributed by atoms with Gasteiger partial charge in [0.1, 0.15) is 0 Å². The number of ether oxygens (including phenoxy) is 1. The number of carbonyl (C=O) groups is 1. The largest absolute Gasteiger partial charge is 0.402 e. The number of aromatic nitrogens is 2. The molecule has 1 aliphatic rings. The number of aryl methyl sites for hydroxylation is 2. The summed E-state index contributed by atoms with van der Waals surface area (Å²) in [7, 11) is 0. The average molecular weight is 323 g/mol. The van der Waals surface area contributed by atoms with Gasteiger partial charge >= 0.3 is 5.97 Å². The van der Waals surface area contributed by atoms with Crippen molar-refractivity contribution in [3.8, 4) is 0 Å². The summed E-state index contributed by atoms with van der Waals surface area (Å²) in [5.41, 5.74) is 2.79. The number of aliphatic imine (C=N–C) groups is 1. The number of hydrogen-bond acceptors (Lipinski definition) is 5. The zero-order valence-electron chi connectivity index (χ0n) is 12.6. The van der Waals surface area contributed by atoms with Crippen molar-refractivity contribution < 1.29 is 9.53 Å². The topological polar surface area (TPSA) is 56.0 Å². The Labute approximate surface area is 136 Å². The molecule has 4 rings (SSSR count). The molecule has 0 bridgehead atoms. The zero-order chi connectivity index (χ0) is 16.0. The van der Waals surface area contributed by atoms with E-state index in [1.165, 1.54) is 0 Å². The van der Waals surface area contributed by atoms with Crippen LogP contribution in [0, 0.1) is 13.8 Å². The number of thiazole rings is 1. The molecule has 1 aromatic carbocycles. The van der Waals surface area contributed by atoms with Crippen molar-refractivity contribution in [3.05, 3.63) is 64.1 Å². The minimum absolute atomic E-state index is 0.289. The number of benzene rings is 1. The highest BCUT2D eigenvalue weighted by Gasteiger charge is 2.25. The number of nitrogens with zero attached hydrogens (tertiary/aromatic N) is 3. The van der Waals surface area contributed by atoms with E-state index in [4.69, 9.17) is 4.74 Å². The summed E-state index contributed by atoms with van der Waals surface area (Å²) >= 11 is 1.61. The molecular weight excluding hydrogens is 310 g/mol. The first-order valence-corrected chi connectivity index (χ1v) is 7.96. The molecule has 23 heavy (non-hydrogen) atoms. The van der Waals surface area contributed by atoms with Crippen molar-refractivity contribution in [2.24, 2.45) is 4.99 Å². The Morgan fingerprint density at radius 1 is 1.22 bits per heavy atom. The van der Waals surface area contributed by atoms with Crippen LogP contribution in [0.3, 0.4) is 0 Å². The Bertz CT molecular complexity index is 980. The maximum absolute atomic E-state index is 12.1. The van der Waals surface area contributed by atoms with E-state index in [1.54, 1.807) is 17.4 Å². The zero-order valence-corrected chi connectivity index (χ0v) is 13.4. The second-order valence-corrected chi connectivity index (χ2v) is 6.49. The van der Waals surface area contributed by atoms with Gasteiger partial charge in [-0.3, -0.25) is 4.40 Å². The molecule has 0 N–H and O–H groups in total. The van der Waals surface area contributed by atoms with Crippen LogP contribution in [0.25, 0.3) is 11.0 Å². The fourth-order valence-corrected chi connectivity index (χ4v) is 3.38. The lowest BCUT2D eigenvalue weighted by Gasteiger charge is -1.97. The number of carbonyl (C=O) groups excluding carboxylic acids is 1. The molecule has 0 fully saturated rings. The van der Waals surface area contributed by atoms with Gasteiger partial charge in [0.15, 0.2) is 10.7 Å². The summed E-state index contributed by atoms with van der Waals surface area (Å²) in [5.74, 6) is -0.105. The lowest BCUT2D eigenvalue weighted by Crippen LogP contribution is -2.05. The summed E-state index contributed by atoms with van der Waals surface area (Å²) in [6.07, 6.45) is 3.74. The van der Waals surface area contributed by atoms with Crippen LogP contribution in [0.1, 0.15) is 21.8 Å². The quantitative estimate of drug-likeness (QED) is 0.537. The summed E-state index contributed by atoms with van der Waals surface area (Å²) in [6.45, 7) is 3.95. The van der Waals surface area contributed by atoms with Crippen molar-refractivity contribution >= 4 is 34.2 Å². The number of hydrogen-bond donors (Lipinski definition) is 0. The third-order valence-electron chi connectivity index (χ3n) is 3.58. The predicted molar refractivity (Wildman–Crippen MR) is 89.6 cm³/mol. The van der Waals surface area contributed by atoms with Gasteiger partial charge in [0.2, 0.25) is 5.90 Å². The molecule has 1 aliphatic heterocycles. The number of cyclic esters (lactones) is 1. The normalized spacial score (nSPS) is 16.2. The third-order valence-corrected chi connectivity index (χ3v) is 4.48. The maximum atomic E-state index is 12.1. The molecule has 3 heterocycles. The van der Waals surface area contributed by atoms with E-state index in [1.807, 2.05) is 54.8 Å². The average Bonchev–Trinajstić information content (AvgIpc) is 3.16. The molecule has 2 aromatic heterocycles. The molecule has 6 heteroatoms. The summed E-state index contributed by atoms with van der Waals surface area (Å²) in [4.78, 5) is 23.0. The molecule has 5 nitrogen and oxygen atoms in total. The van der Waals surface area contributed by atoms with Gasteiger partial charge in [-0.2, -0.15) is 0 Å². The van der Waals surface area contributed by atoms with E-state index in [9.17, 15) is 4.79 Å². The number of esters is 1. The Morgan fingerprint density at radius 3 is 2.78 bits per heavy atom. The number of rotatable bonds is 2. The number of fused-ring (bicyclic) bond motifs is 1. The molecule has 0 unspecified atom stereocenters. The molecule has 114 valence electrons. The van der Waals surface area contributed by atoms with Crippen molar-refractivity contribution in [2.75, 3.05) is 0 Å². The molecule has 0 radical (unpaired) electrons. The van der Waals surface area contributed by atoms with Gasteiger partial charge in [0.25, 0.3) is 0 Å². The predicted octanol–water partition coefficient (Wildman–Crippen LogP) is 3.36. The maximum Gasteiger partial charge on any atom is 0.363 e. The molecule has 0 atom stereocenters. The fourth-order valence-electron chi connectivity index (χ4n) is 2.50. The minimum Gasteiger partial charge on any atom is -0.402 e. The highest BCUT2D eigenvalue weighted by Crippen LogP contribution is 2.24. The molecule has 0 spiro atoms. The lowest BCUT2D eigenvalue weighted by molar-refractivity contribution is -0.129. The summed E-state index contributed by atoms with van der Waals surface area (Å²) < 4.78 is 7.26. The van der Waals surface area contributed by atoms with Gasteiger partial charge in [-0.15, -0.1) is 11.3 Å². The molecule has 0 aliphatic carbocycles. The van der Waals surface area contributed by atoms with Crippen molar-refractivity contribution in [1.82, 2.24) is 9.38 Å². The second-order valence-electron chi connectivity index (χ2n) is 5.28. The molecule has 0 saturated heterocycles. The standard InChI is InChI=1S/C17H13N3O2S/c1-10-9-20-14(11(2)18-17(20)23-10)8-13-16(21)22-15(19-13)12-6-4-3-5-7-12/h3-9H,1-2H3. The van der Waals surface area contributed by atoms with Crippen molar-refractivity contribution in [2.45, 2.75) is 13.8 Å². The van der Waals surface area contributed by atoms with Crippen LogP contribution in [-0.2, 0) is 9.53 Å². The summed E-state index contributed by atoms with van der Waals surface area (Å²) in [6, 6.07) is 9.39. The second kappa shape index (κ2) is 5.17. The van der Waals surface area contributed by atoms with Crippen LogP contribution in [0.5, 0.6) is 0 Å². The van der Waals surface area contributed by atoms with Crippen LogP contribution in [0.4, 0.5) is 0 Å². The van der Waals surface area contributed by atoms with Crippen LogP contribution < -0.4 is 0 Å². The van der Waals surface area contributed by atoms with E-state index in [0.717, 1.165) is 26.8 Å². The van der Waals surface area contributed by atoms with E-state index in [-0.39, 0.29) is 5.70 Å². The van der Waals surface area contributed by atoms with Crippen molar-refractivity contribution in [3.63, 3.8) is 0 Å². The van der Waals surface area contributed by atoms with Gasteiger partial charge in [-0.1, -0.05) is 18.2 Å². The van der Waals surface area contributed by atoms with Crippen molar-refractivity contribution in [1.29, 1.82) is 0 Å². The number of imidazole rings is 1. The molecule has 0 saturated carbocycles. The Kier molecular flexibility index (Phi) is 3.12. The third kappa shape index (κ3) is 2.37. The van der Waals surface area contributed by atoms with Gasteiger partial charge in [-0.25, -0.2) is 14.8 Å². The Morgan fingerprint density at radius 2 is 2.00 bits per heavy atom. The highest BCUT2D eigenvalue weighted by molar-refractivity contribution is 7.17. The SMILES string of the molecule is Cc1cn2c(C=C3N=C(c4ccccc4)OC3=O)c(C)nc2s1. The first kappa shape index (κ1) is 13.9. The van der Waals surface area contributed by atoms with Crippen LogP contribution >= 0.6 is 11.3 Å². The van der Waals surface area contributed by atoms with Gasteiger partial charge in [0, 0.05) is 16.6 Å². The Balaban J connectivity index is 1.79. The summed E-state index contributed by atoms with van der Waals surface area (Å²) in [5, 5.41) is 0. The monoisotopic (exact) mass is 323 g/mol. The van der Waals surface area contributed by atoms with E-state index < -0.39 is 5.97 Å². The smallest absolute Gasteiger partial charge is 0.363 e. The molecule has 3 aromatic rings. The first-order chi connectivity index (χ1) is 11.1. The van der Waals surface area contributed by atoms with E-state index in [2.05, 4.69) is 9.98 Å². The highest BCUT2D eigenvalue weighted by atomic mass is 32.1. The van der Waals surface area contributed by atoms with E-state index >= 15 is 0 Å². The molecule has 0 amide bonds. The van der Waals surface area contributed by atoms with Crippen LogP contribution in [-0.4, -0.2) is 21.3 Å². The van der Waals surface area contributed by atoms with E-state index in [0.29, 0.717) is 5.90 Å². The van der Waals surface area contributed by atoms with Crippen LogP contribution in [0.2, 0.25) is 0 Å². The van der Waals surface area contributed by atoms with Gasteiger partial charge < -0.3 is 4.74 Å². The Hall–Kier alpha value is -2.73. The van der Waals surface area contributed by atoms with Crippen LogP contribution in [0.15, 0.2) is 47.2 Å². The first-order valence-electron chi connectivity index (χ1n) is 7.15. The van der Waals surface area contributed by atoms with Gasteiger partial charge in [0.05, 0.1) is 11.4 Å². The fraction of sp³-hybridized carbons (Fsp3) is 0.118.